The summed E-state index contributed by atoms with van der Waals surface area (Å²) in [4.78, 5) is 3.05. The van der Waals surface area contributed by atoms with E-state index in [0.29, 0.717) is 10.4 Å². The molecule has 0 spiro atoms. The van der Waals surface area contributed by atoms with E-state index >= 15 is 0 Å². The Morgan fingerprint density at radius 1 is 1.44 bits per heavy atom. The maximum Gasteiger partial charge on any atom is 0.0733 e. The highest BCUT2D eigenvalue weighted by Gasteiger charge is 2.43. The topological polar surface area (TPSA) is 29.3 Å². The molecule has 1 aliphatic carbocycles. The molecular formula is C15H22N2S. The third-order valence-electron chi connectivity index (χ3n) is 3.65. The highest BCUT2D eigenvalue weighted by atomic mass is 32.1. The van der Waals surface area contributed by atoms with E-state index in [4.69, 9.17) is 18.0 Å². The molecule has 18 heavy (non-hydrogen) atoms. The van der Waals surface area contributed by atoms with Gasteiger partial charge in [-0.05, 0) is 37.8 Å². The monoisotopic (exact) mass is 262 g/mol. The highest BCUT2D eigenvalue weighted by Crippen LogP contribution is 2.49. The molecule has 0 amide bonds. The fraction of sp³-hybridized carbons (Fsp3) is 0.533. The molecule has 98 valence electrons. The molecule has 2 N–H and O–H groups in total. The molecule has 2 nitrogen and oxygen atoms in total. The first-order valence-electron chi connectivity index (χ1n) is 6.52. The first-order valence-corrected chi connectivity index (χ1v) is 6.92. The Balaban J connectivity index is 1.89. The van der Waals surface area contributed by atoms with E-state index in [1.54, 1.807) is 0 Å². The van der Waals surface area contributed by atoms with Crippen molar-refractivity contribution in [1.29, 1.82) is 0 Å². The number of hydrogen-bond acceptors (Lipinski definition) is 2. The van der Waals surface area contributed by atoms with Crippen LogP contribution in [0.15, 0.2) is 24.3 Å². The van der Waals surface area contributed by atoms with E-state index in [1.807, 2.05) is 0 Å². The molecule has 1 saturated carbocycles. The third-order valence-corrected chi connectivity index (χ3v) is 3.79. The van der Waals surface area contributed by atoms with Gasteiger partial charge in [-0.3, -0.25) is 0 Å². The number of thiocarbonyl (C=S) groups is 1. The average molecular weight is 262 g/mol. The maximum absolute atomic E-state index is 5.68. The van der Waals surface area contributed by atoms with Crippen LogP contribution >= 0.6 is 12.2 Å². The van der Waals surface area contributed by atoms with Crippen LogP contribution in [-0.4, -0.2) is 23.5 Å². The van der Waals surface area contributed by atoms with Crippen LogP contribution in [-0.2, 0) is 6.54 Å². The Hall–Kier alpha value is -0.930. The van der Waals surface area contributed by atoms with Crippen molar-refractivity contribution in [1.82, 2.24) is 4.90 Å². The van der Waals surface area contributed by atoms with Crippen molar-refractivity contribution < 1.29 is 0 Å². The van der Waals surface area contributed by atoms with Crippen molar-refractivity contribution in [2.24, 2.45) is 11.1 Å². The van der Waals surface area contributed by atoms with Crippen molar-refractivity contribution in [3.63, 3.8) is 0 Å². The van der Waals surface area contributed by atoms with Crippen LogP contribution < -0.4 is 5.73 Å². The summed E-state index contributed by atoms with van der Waals surface area (Å²) in [6.45, 7) is 4.23. The van der Waals surface area contributed by atoms with Crippen molar-refractivity contribution in [2.45, 2.75) is 32.7 Å². The number of nitrogens with zero attached hydrogens (tertiary/aromatic N) is 1. The van der Waals surface area contributed by atoms with Gasteiger partial charge in [0.1, 0.15) is 0 Å². The summed E-state index contributed by atoms with van der Waals surface area (Å²) in [6.07, 6.45) is 3.44. The lowest BCUT2D eigenvalue weighted by Crippen LogP contribution is -2.29. The molecular weight excluding hydrogens is 240 g/mol. The number of nitrogens with two attached hydrogens (primary N) is 1. The van der Waals surface area contributed by atoms with Crippen LogP contribution in [0.4, 0.5) is 0 Å². The van der Waals surface area contributed by atoms with Crippen molar-refractivity contribution in [2.75, 3.05) is 13.6 Å². The molecule has 1 aliphatic rings. The molecule has 1 aromatic rings. The van der Waals surface area contributed by atoms with E-state index in [1.165, 1.54) is 24.0 Å². The summed E-state index contributed by atoms with van der Waals surface area (Å²) in [6, 6.07) is 8.71. The van der Waals surface area contributed by atoms with Gasteiger partial charge in [0.15, 0.2) is 0 Å². The van der Waals surface area contributed by atoms with E-state index in [0.717, 1.165) is 19.5 Å². The van der Waals surface area contributed by atoms with Gasteiger partial charge in [-0.2, -0.15) is 0 Å². The van der Waals surface area contributed by atoms with Gasteiger partial charge in [-0.25, -0.2) is 0 Å². The van der Waals surface area contributed by atoms with E-state index < -0.39 is 0 Å². The molecule has 0 radical (unpaired) electrons. The van der Waals surface area contributed by atoms with Crippen molar-refractivity contribution >= 4 is 17.2 Å². The van der Waals surface area contributed by atoms with Gasteiger partial charge >= 0.3 is 0 Å². The van der Waals surface area contributed by atoms with Gasteiger partial charge in [-0.15, -0.1) is 0 Å². The minimum Gasteiger partial charge on any atom is -0.393 e. The van der Waals surface area contributed by atoms with Gasteiger partial charge < -0.3 is 10.6 Å². The summed E-state index contributed by atoms with van der Waals surface area (Å²) >= 11 is 5.04. The second-order valence-electron chi connectivity index (χ2n) is 5.80. The molecule has 0 unspecified atom stereocenters. The van der Waals surface area contributed by atoms with Gasteiger partial charge in [0.05, 0.1) is 4.99 Å². The predicted molar refractivity (Wildman–Crippen MR) is 80.6 cm³/mol. The first kappa shape index (κ1) is 13.5. The number of benzene rings is 1. The second-order valence-corrected chi connectivity index (χ2v) is 6.33. The van der Waals surface area contributed by atoms with Crippen LogP contribution in [0.3, 0.4) is 0 Å². The molecule has 0 saturated heterocycles. The molecule has 0 aromatic heterocycles. The number of hydrogen-bond donors (Lipinski definition) is 1. The summed E-state index contributed by atoms with van der Waals surface area (Å²) < 4.78 is 0. The van der Waals surface area contributed by atoms with E-state index in [-0.39, 0.29) is 0 Å². The summed E-state index contributed by atoms with van der Waals surface area (Å²) in [5, 5.41) is 0. The minimum absolute atomic E-state index is 0.379. The van der Waals surface area contributed by atoms with Crippen LogP contribution in [0.2, 0.25) is 0 Å². The molecule has 1 fully saturated rings. The second kappa shape index (κ2) is 5.37. The van der Waals surface area contributed by atoms with Gasteiger partial charge in [0.25, 0.3) is 0 Å². The van der Waals surface area contributed by atoms with Crippen LogP contribution in [0.1, 0.15) is 30.4 Å². The Labute approximate surface area is 115 Å². The molecule has 0 heterocycles. The standard InChI is InChI=1S/C15H22N2S/c1-12-4-3-5-13(8-12)10-17(2)11-15(6-7-15)9-14(16)18/h3-5,8H,6-7,9-11H2,1-2H3,(H2,16,18). The zero-order valence-electron chi connectivity index (χ0n) is 11.3. The Kier molecular flexibility index (Phi) is 4.03. The number of aryl methyl sites for hydroxylation is 1. The predicted octanol–water partition coefficient (Wildman–Crippen LogP) is 2.88. The Bertz CT molecular complexity index is 438. The average Bonchev–Trinajstić information content (AvgIpc) is 2.95. The lowest BCUT2D eigenvalue weighted by Gasteiger charge is -2.23. The van der Waals surface area contributed by atoms with Crippen molar-refractivity contribution in [3.8, 4) is 0 Å². The number of rotatable bonds is 6. The molecule has 0 bridgehead atoms. The maximum atomic E-state index is 5.68. The lowest BCUT2D eigenvalue weighted by atomic mass is 10.0. The Morgan fingerprint density at radius 2 is 2.17 bits per heavy atom. The summed E-state index contributed by atoms with van der Waals surface area (Å²) in [5.41, 5.74) is 8.76. The van der Waals surface area contributed by atoms with Crippen LogP contribution in [0.25, 0.3) is 0 Å². The smallest absolute Gasteiger partial charge is 0.0733 e. The largest absolute Gasteiger partial charge is 0.393 e. The molecule has 3 heteroatoms. The highest BCUT2D eigenvalue weighted by molar-refractivity contribution is 7.80. The third kappa shape index (κ3) is 3.79. The SMILES string of the molecule is Cc1cccc(CN(C)CC2(CC(N)=S)CC2)c1. The van der Waals surface area contributed by atoms with E-state index in [9.17, 15) is 0 Å². The lowest BCUT2D eigenvalue weighted by molar-refractivity contribution is 0.260. The van der Waals surface area contributed by atoms with E-state index in [2.05, 4.69) is 43.1 Å². The summed E-state index contributed by atoms with van der Waals surface area (Å²) in [7, 11) is 2.18. The van der Waals surface area contributed by atoms with Gasteiger partial charge in [0, 0.05) is 19.5 Å². The minimum atomic E-state index is 0.379. The first-order chi connectivity index (χ1) is 8.49. The van der Waals surface area contributed by atoms with Crippen LogP contribution in [0, 0.1) is 12.3 Å². The molecule has 0 atom stereocenters. The molecule has 1 aromatic carbocycles. The van der Waals surface area contributed by atoms with Gasteiger partial charge in [-0.1, -0.05) is 42.0 Å². The van der Waals surface area contributed by atoms with Crippen LogP contribution in [0.5, 0.6) is 0 Å². The summed E-state index contributed by atoms with van der Waals surface area (Å²) in [5.74, 6) is 0. The van der Waals surface area contributed by atoms with Crippen molar-refractivity contribution in [3.05, 3.63) is 35.4 Å². The quantitative estimate of drug-likeness (QED) is 0.799. The zero-order chi connectivity index (χ0) is 13.2. The fourth-order valence-electron chi connectivity index (χ4n) is 2.69. The molecule has 2 rings (SSSR count). The normalized spacial score (nSPS) is 16.8. The molecule has 0 aliphatic heterocycles. The Morgan fingerprint density at radius 3 is 2.72 bits per heavy atom. The zero-order valence-corrected chi connectivity index (χ0v) is 12.1. The fourth-order valence-corrected chi connectivity index (χ4v) is 2.99. The van der Waals surface area contributed by atoms with Gasteiger partial charge in [0.2, 0.25) is 0 Å².